The second-order valence-electron chi connectivity index (χ2n) is 10.0. The Bertz CT molecular complexity index is 1680. The fourth-order valence-corrected chi connectivity index (χ4v) is 6.57. The molecule has 1 amide bonds. The van der Waals surface area contributed by atoms with Crippen LogP contribution in [-0.2, 0) is 37.1 Å². The predicted molar refractivity (Wildman–Crippen MR) is 155 cm³/mol. The summed E-state index contributed by atoms with van der Waals surface area (Å²) < 4.78 is 13.5. The first kappa shape index (κ1) is 26.7. The summed E-state index contributed by atoms with van der Waals surface area (Å²) in [6.45, 7) is 4.02. The van der Waals surface area contributed by atoms with Gasteiger partial charge in [0.05, 0.1) is 19.6 Å². The van der Waals surface area contributed by atoms with Crippen LogP contribution in [0, 0.1) is 13.8 Å². The first-order valence-electron chi connectivity index (χ1n) is 13.2. The standard InChI is InChI=1S/C30H33N3O5S/c1-18-9-11-21(15-19(18)2)31-26(34)17-33-29-27(22-7-5-6-8-25(22)39-29)28(35)32(30(33)36)14-13-20-10-12-23(37-3)24(16-20)38-4/h9-12,15-16H,5-8,13-14,17H2,1-4H3,(H,31,34). The molecule has 204 valence electrons. The van der Waals surface area contributed by atoms with Crippen LogP contribution in [0.4, 0.5) is 5.69 Å². The molecule has 0 bridgehead atoms. The number of anilines is 1. The lowest BCUT2D eigenvalue weighted by Crippen LogP contribution is -2.42. The molecule has 1 aliphatic carbocycles. The quantitative estimate of drug-likeness (QED) is 0.348. The summed E-state index contributed by atoms with van der Waals surface area (Å²) in [5.74, 6) is 0.894. The van der Waals surface area contributed by atoms with Gasteiger partial charge in [-0.1, -0.05) is 12.1 Å². The van der Waals surface area contributed by atoms with Crippen molar-refractivity contribution in [1.82, 2.24) is 9.13 Å². The van der Waals surface area contributed by atoms with Gasteiger partial charge in [-0.2, -0.15) is 0 Å². The van der Waals surface area contributed by atoms with E-state index in [1.54, 1.807) is 14.2 Å². The number of nitrogens with zero attached hydrogens (tertiary/aromatic N) is 2. The van der Waals surface area contributed by atoms with E-state index in [1.807, 2.05) is 50.2 Å². The fourth-order valence-electron chi connectivity index (χ4n) is 5.19. The van der Waals surface area contributed by atoms with Crippen molar-refractivity contribution >= 4 is 33.1 Å². The number of aryl methyl sites for hydroxylation is 5. The second kappa shape index (κ2) is 11.1. The van der Waals surface area contributed by atoms with Gasteiger partial charge in [0.2, 0.25) is 5.91 Å². The van der Waals surface area contributed by atoms with Crippen molar-refractivity contribution in [3.05, 3.63) is 84.4 Å². The van der Waals surface area contributed by atoms with Crippen LogP contribution >= 0.6 is 11.3 Å². The predicted octanol–water partition coefficient (Wildman–Crippen LogP) is 4.62. The minimum Gasteiger partial charge on any atom is -0.493 e. The summed E-state index contributed by atoms with van der Waals surface area (Å²) in [6, 6.07) is 11.3. The van der Waals surface area contributed by atoms with E-state index >= 15 is 0 Å². The van der Waals surface area contributed by atoms with Gasteiger partial charge in [0.25, 0.3) is 5.56 Å². The van der Waals surface area contributed by atoms with E-state index in [1.165, 1.54) is 20.5 Å². The monoisotopic (exact) mass is 547 g/mol. The van der Waals surface area contributed by atoms with Crippen molar-refractivity contribution in [2.45, 2.75) is 59.0 Å². The maximum absolute atomic E-state index is 13.8. The summed E-state index contributed by atoms with van der Waals surface area (Å²) in [7, 11) is 3.15. The molecular formula is C30H33N3O5S. The van der Waals surface area contributed by atoms with E-state index < -0.39 is 5.69 Å². The van der Waals surface area contributed by atoms with E-state index in [0.717, 1.165) is 52.8 Å². The molecule has 0 atom stereocenters. The van der Waals surface area contributed by atoms with Crippen molar-refractivity contribution < 1.29 is 14.3 Å². The first-order valence-corrected chi connectivity index (χ1v) is 14.0. The summed E-state index contributed by atoms with van der Waals surface area (Å²) in [5, 5.41) is 3.50. The molecule has 9 heteroatoms. The minimum absolute atomic E-state index is 0.168. The molecule has 0 unspecified atom stereocenters. The summed E-state index contributed by atoms with van der Waals surface area (Å²) in [4.78, 5) is 42.4. The van der Waals surface area contributed by atoms with Crippen LogP contribution in [0.1, 0.15) is 40.0 Å². The van der Waals surface area contributed by atoms with Crippen molar-refractivity contribution in [2.24, 2.45) is 0 Å². The number of thiophene rings is 1. The maximum atomic E-state index is 13.8. The Kier molecular flexibility index (Phi) is 7.61. The summed E-state index contributed by atoms with van der Waals surface area (Å²) in [5.41, 5.74) is 4.08. The number of fused-ring (bicyclic) bond motifs is 3. The van der Waals surface area contributed by atoms with Gasteiger partial charge >= 0.3 is 5.69 Å². The zero-order valence-corrected chi connectivity index (χ0v) is 23.6. The molecule has 1 N–H and O–H groups in total. The molecule has 0 fully saturated rings. The average Bonchev–Trinajstić information content (AvgIpc) is 3.32. The lowest BCUT2D eigenvalue weighted by Gasteiger charge is -2.14. The molecule has 4 aromatic rings. The van der Waals surface area contributed by atoms with Gasteiger partial charge in [0.1, 0.15) is 11.4 Å². The highest BCUT2D eigenvalue weighted by atomic mass is 32.1. The zero-order valence-electron chi connectivity index (χ0n) is 22.8. The van der Waals surface area contributed by atoms with Crippen LogP contribution in [0.5, 0.6) is 11.5 Å². The Morgan fingerprint density at radius 1 is 0.949 bits per heavy atom. The fraction of sp³-hybridized carbons (Fsp3) is 0.367. The Balaban J connectivity index is 1.53. The lowest BCUT2D eigenvalue weighted by molar-refractivity contribution is -0.116. The summed E-state index contributed by atoms with van der Waals surface area (Å²) >= 11 is 1.48. The third-order valence-electron chi connectivity index (χ3n) is 7.48. The van der Waals surface area contributed by atoms with Gasteiger partial charge in [0, 0.05) is 17.1 Å². The molecule has 1 aliphatic rings. The van der Waals surface area contributed by atoms with Crippen LogP contribution in [0.3, 0.4) is 0 Å². The Hall–Kier alpha value is -3.85. The van der Waals surface area contributed by atoms with Gasteiger partial charge < -0.3 is 14.8 Å². The molecule has 2 heterocycles. The molecule has 0 saturated heterocycles. The number of hydrogen-bond donors (Lipinski definition) is 1. The third kappa shape index (κ3) is 5.23. The number of nitrogens with one attached hydrogen (secondary N) is 1. The maximum Gasteiger partial charge on any atom is 0.332 e. The largest absolute Gasteiger partial charge is 0.493 e. The minimum atomic E-state index is -0.471. The molecule has 0 aliphatic heterocycles. The highest BCUT2D eigenvalue weighted by Gasteiger charge is 2.24. The van der Waals surface area contributed by atoms with Gasteiger partial charge in [-0.15, -0.1) is 11.3 Å². The van der Waals surface area contributed by atoms with Crippen LogP contribution in [0.25, 0.3) is 10.2 Å². The first-order chi connectivity index (χ1) is 18.8. The van der Waals surface area contributed by atoms with Gasteiger partial charge in [-0.05, 0) is 92.5 Å². The Labute approximate surface area is 230 Å². The van der Waals surface area contributed by atoms with Crippen molar-refractivity contribution in [3.63, 3.8) is 0 Å². The van der Waals surface area contributed by atoms with Crippen molar-refractivity contribution in [1.29, 1.82) is 0 Å². The van der Waals surface area contributed by atoms with E-state index in [2.05, 4.69) is 5.32 Å². The number of aromatic nitrogens is 2. The zero-order chi connectivity index (χ0) is 27.7. The normalized spacial score (nSPS) is 12.8. The molecule has 8 nitrogen and oxygen atoms in total. The van der Waals surface area contributed by atoms with Gasteiger partial charge in [-0.25, -0.2) is 4.79 Å². The average molecular weight is 548 g/mol. The highest BCUT2D eigenvalue weighted by Crippen LogP contribution is 2.34. The summed E-state index contributed by atoms with van der Waals surface area (Å²) in [6.07, 6.45) is 4.22. The number of amides is 1. The number of methoxy groups -OCH3 is 2. The lowest BCUT2D eigenvalue weighted by atomic mass is 9.97. The SMILES string of the molecule is COc1ccc(CCn2c(=O)c3c4c(sc3n(CC(=O)Nc3ccc(C)c(C)c3)c2=O)CCCC4)cc1OC. The second-order valence-corrected chi connectivity index (χ2v) is 11.1. The molecule has 2 aromatic heterocycles. The van der Waals surface area contributed by atoms with Gasteiger partial charge in [-0.3, -0.25) is 18.7 Å². The molecule has 39 heavy (non-hydrogen) atoms. The number of ether oxygens (including phenoxy) is 2. The topological polar surface area (TPSA) is 91.6 Å². The number of carbonyl (C=O) groups is 1. The molecule has 5 rings (SSSR count). The molecule has 2 aromatic carbocycles. The molecule has 0 spiro atoms. The van der Waals surface area contributed by atoms with Gasteiger partial charge in [0.15, 0.2) is 11.5 Å². The third-order valence-corrected chi connectivity index (χ3v) is 8.80. The number of rotatable bonds is 8. The highest BCUT2D eigenvalue weighted by molar-refractivity contribution is 7.18. The van der Waals surface area contributed by atoms with Crippen molar-refractivity contribution in [2.75, 3.05) is 19.5 Å². The van der Waals surface area contributed by atoms with Crippen LogP contribution in [0.2, 0.25) is 0 Å². The van der Waals surface area contributed by atoms with E-state index in [4.69, 9.17) is 9.47 Å². The van der Waals surface area contributed by atoms with Crippen LogP contribution in [-0.4, -0.2) is 29.3 Å². The van der Waals surface area contributed by atoms with E-state index in [9.17, 15) is 14.4 Å². The van der Waals surface area contributed by atoms with E-state index in [0.29, 0.717) is 33.8 Å². The number of carbonyl (C=O) groups excluding carboxylic acids is 1. The van der Waals surface area contributed by atoms with Crippen LogP contribution < -0.4 is 26.0 Å². The van der Waals surface area contributed by atoms with Crippen LogP contribution in [0.15, 0.2) is 46.0 Å². The molecule has 0 radical (unpaired) electrons. The molecular weight excluding hydrogens is 514 g/mol. The Morgan fingerprint density at radius 2 is 1.72 bits per heavy atom. The molecule has 0 saturated carbocycles. The number of benzene rings is 2. The van der Waals surface area contributed by atoms with Crippen molar-refractivity contribution in [3.8, 4) is 11.5 Å². The Morgan fingerprint density at radius 3 is 2.46 bits per heavy atom. The number of hydrogen-bond acceptors (Lipinski definition) is 6. The smallest absolute Gasteiger partial charge is 0.332 e. The van der Waals surface area contributed by atoms with E-state index in [-0.39, 0.29) is 24.6 Å².